The first kappa shape index (κ1) is 11.3. The second-order valence-electron chi connectivity index (χ2n) is 3.37. The van der Waals surface area contributed by atoms with Gasteiger partial charge in [0.05, 0.1) is 13.3 Å². The summed E-state index contributed by atoms with van der Waals surface area (Å²) in [4.78, 5) is 17.5. The number of amides is 2. The highest BCUT2D eigenvalue weighted by molar-refractivity contribution is 5.74. The minimum absolute atomic E-state index is 0.0686. The lowest BCUT2D eigenvalue weighted by atomic mass is 10.4. The van der Waals surface area contributed by atoms with Crippen molar-refractivity contribution in [1.29, 1.82) is 0 Å². The standard InChI is InChI=1S/C9H19N3O2/c1-4-10-6-11(5-2)9(13)12(7-10)8-14-3/h4-8H2,1-3H3. The summed E-state index contributed by atoms with van der Waals surface area (Å²) < 4.78 is 4.99. The van der Waals surface area contributed by atoms with E-state index in [-0.39, 0.29) is 6.03 Å². The van der Waals surface area contributed by atoms with E-state index >= 15 is 0 Å². The van der Waals surface area contributed by atoms with Gasteiger partial charge in [-0.2, -0.15) is 0 Å². The fraction of sp³-hybridized carbons (Fsp3) is 0.889. The first-order valence-electron chi connectivity index (χ1n) is 4.98. The van der Waals surface area contributed by atoms with Crippen molar-refractivity contribution in [3.8, 4) is 0 Å². The molecule has 1 heterocycles. The van der Waals surface area contributed by atoms with Gasteiger partial charge in [0, 0.05) is 13.7 Å². The highest BCUT2D eigenvalue weighted by Crippen LogP contribution is 2.09. The average molecular weight is 201 g/mol. The van der Waals surface area contributed by atoms with Crippen molar-refractivity contribution in [2.45, 2.75) is 13.8 Å². The van der Waals surface area contributed by atoms with Crippen LogP contribution >= 0.6 is 0 Å². The lowest BCUT2D eigenvalue weighted by Gasteiger charge is -2.40. The molecule has 0 aliphatic carbocycles. The van der Waals surface area contributed by atoms with Crippen molar-refractivity contribution in [3.05, 3.63) is 0 Å². The number of nitrogens with zero attached hydrogens (tertiary/aromatic N) is 3. The number of carbonyl (C=O) groups is 1. The third kappa shape index (κ3) is 2.36. The molecular formula is C9H19N3O2. The van der Waals surface area contributed by atoms with E-state index in [1.54, 1.807) is 12.0 Å². The molecule has 1 aliphatic heterocycles. The smallest absolute Gasteiger partial charge is 0.323 e. The zero-order valence-corrected chi connectivity index (χ0v) is 9.19. The van der Waals surface area contributed by atoms with Crippen LogP contribution in [0.1, 0.15) is 13.8 Å². The Hall–Kier alpha value is -0.810. The third-order valence-corrected chi connectivity index (χ3v) is 2.40. The topological polar surface area (TPSA) is 36.0 Å². The molecule has 82 valence electrons. The molecule has 5 nitrogen and oxygen atoms in total. The molecule has 1 fully saturated rings. The Morgan fingerprint density at radius 3 is 2.36 bits per heavy atom. The van der Waals surface area contributed by atoms with Crippen molar-refractivity contribution in [1.82, 2.24) is 14.7 Å². The minimum atomic E-state index is 0.0686. The molecule has 0 bridgehead atoms. The Balaban J connectivity index is 2.60. The monoisotopic (exact) mass is 201 g/mol. The molecule has 1 rings (SSSR count). The van der Waals surface area contributed by atoms with Gasteiger partial charge in [-0.1, -0.05) is 6.92 Å². The van der Waals surface area contributed by atoms with Gasteiger partial charge < -0.3 is 9.64 Å². The number of rotatable bonds is 4. The molecule has 0 aromatic heterocycles. The summed E-state index contributed by atoms with van der Waals surface area (Å²) in [6.45, 7) is 7.54. The summed E-state index contributed by atoms with van der Waals surface area (Å²) >= 11 is 0. The Morgan fingerprint density at radius 1 is 1.21 bits per heavy atom. The van der Waals surface area contributed by atoms with Crippen LogP contribution in [0.25, 0.3) is 0 Å². The van der Waals surface area contributed by atoms with Crippen LogP contribution in [0.3, 0.4) is 0 Å². The SMILES string of the molecule is CCN1CN(CC)C(=O)N(COC)C1. The zero-order chi connectivity index (χ0) is 10.6. The quantitative estimate of drug-likeness (QED) is 0.667. The summed E-state index contributed by atoms with van der Waals surface area (Å²) in [5.41, 5.74) is 0. The predicted molar refractivity (Wildman–Crippen MR) is 53.6 cm³/mol. The molecule has 0 N–H and O–H groups in total. The van der Waals surface area contributed by atoms with Gasteiger partial charge in [-0.3, -0.25) is 9.80 Å². The van der Waals surface area contributed by atoms with Crippen LogP contribution in [-0.2, 0) is 4.74 Å². The molecule has 0 saturated carbocycles. The Morgan fingerprint density at radius 2 is 1.86 bits per heavy atom. The molecule has 0 aromatic carbocycles. The van der Waals surface area contributed by atoms with Gasteiger partial charge in [-0.15, -0.1) is 0 Å². The molecule has 0 radical (unpaired) electrons. The maximum absolute atomic E-state index is 11.8. The second kappa shape index (κ2) is 5.17. The first-order chi connectivity index (χ1) is 6.72. The van der Waals surface area contributed by atoms with Gasteiger partial charge in [0.15, 0.2) is 0 Å². The Bertz CT molecular complexity index is 198. The Labute approximate surface area is 85.2 Å². The van der Waals surface area contributed by atoms with Crippen molar-refractivity contribution in [2.24, 2.45) is 0 Å². The van der Waals surface area contributed by atoms with Crippen LogP contribution in [0.4, 0.5) is 4.79 Å². The molecule has 5 heteroatoms. The molecule has 14 heavy (non-hydrogen) atoms. The zero-order valence-electron chi connectivity index (χ0n) is 9.19. The highest BCUT2D eigenvalue weighted by Gasteiger charge is 2.27. The average Bonchev–Trinajstić information content (AvgIpc) is 2.21. The van der Waals surface area contributed by atoms with Crippen LogP contribution in [0.15, 0.2) is 0 Å². The summed E-state index contributed by atoms with van der Waals surface area (Å²) in [5.74, 6) is 0. The minimum Gasteiger partial charge on any atom is -0.364 e. The van der Waals surface area contributed by atoms with E-state index in [1.165, 1.54) is 0 Å². The number of hydrogen-bond donors (Lipinski definition) is 0. The number of carbonyl (C=O) groups excluding carboxylic acids is 1. The molecule has 0 unspecified atom stereocenters. The van der Waals surface area contributed by atoms with E-state index in [9.17, 15) is 4.79 Å². The van der Waals surface area contributed by atoms with Gasteiger partial charge >= 0.3 is 6.03 Å². The molecular weight excluding hydrogens is 182 g/mol. The summed E-state index contributed by atoms with van der Waals surface area (Å²) in [7, 11) is 1.61. The fourth-order valence-electron chi connectivity index (χ4n) is 1.54. The first-order valence-corrected chi connectivity index (χ1v) is 4.98. The molecule has 1 saturated heterocycles. The number of methoxy groups -OCH3 is 1. The molecule has 0 spiro atoms. The van der Waals surface area contributed by atoms with Gasteiger partial charge in [0.25, 0.3) is 0 Å². The van der Waals surface area contributed by atoms with Gasteiger partial charge in [-0.05, 0) is 13.5 Å². The fourth-order valence-corrected chi connectivity index (χ4v) is 1.54. The second-order valence-corrected chi connectivity index (χ2v) is 3.37. The van der Waals surface area contributed by atoms with Crippen molar-refractivity contribution in [3.63, 3.8) is 0 Å². The molecule has 2 amide bonds. The van der Waals surface area contributed by atoms with Crippen molar-refractivity contribution >= 4 is 6.03 Å². The maximum atomic E-state index is 11.8. The Kier molecular flexibility index (Phi) is 4.16. The molecule has 0 atom stereocenters. The van der Waals surface area contributed by atoms with Crippen molar-refractivity contribution < 1.29 is 9.53 Å². The highest BCUT2D eigenvalue weighted by atomic mass is 16.5. The van der Waals surface area contributed by atoms with E-state index in [0.29, 0.717) is 13.4 Å². The number of ether oxygens (including phenoxy) is 1. The van der Waals surface area contributed by atoms with E-state index in [4.69, 9.17) is 4.74 Å². The van der Waals surface area contributed by atoms with Gasteiger partial charge in [-0.25, -0.2) is 4.79 Å². The van der Waals surface area contributed by atoms with Crippen LogP contribution in [0.5, 0.6) is 0 Å². The van der Waals surface area contributed by atoms with E-state index in [1.807, 2.05) is 11.8 Å². The summed E-state index contributed by atoms with van der Waals surface area (Å²) in [6, 6.07) is 0.0686. The van der Waals surface area contributed by atoms with E-state index in [0.717, 1.165) is 19.8 Å². The molecule has 1 aliphatic rings. The lowest BCUT2D eigenvalue weighted by Crippen LogP contribution is -2.58. The van der Waals surface area contributed by atoms with Crippen LogP contribution in [0.2, 0.25) is 0 Å². The van der Waals surface area contributed by atoms with E-state index in [2.05, 4.69) is 11.8 Å². The van der Waals surface area contributed by atoms with E-state index < -0.39 is 0 Å². The van der Waals surface area contributed by atoms with Crippen LogP contribution in [0, 0.1) is 0 Å². The van der Waals surface area contributed by atoms with Crippen LogP contribution < -0.4 is 0 Å². The summed E-state index contributed by atoms with van der Waals surface area (Å²) in [6.07, 6.45) is 0. The number of hydrogen-bond acceptors (Lipinski definition) is 3. The van der Waals surface area contributed by atoms with Gasteiger partial charge in [0.1, 0.15) is 6.73 Å². The summed E-state index contributed by atoms with van der Waals surface area (Å²) in [5, 5.41) is 0. The maximum Gasteiger partial charge on any atom is 0.323 e. The van der Waals surface area contributed by atoms with Crippen molar-refractivity contribution in [2.75, 3.05) is 40.3 Å². The predicted octanol–water partition coefficient (Wildman–Crippen LogP) is 0.585. The number of urea groups is 1. The van der Waals surface area contributed by atoms with Crippen LogP contribution in [-0.4, -0.2) is 61.0 Å². The molecule has 0 aromatic rings. The normalized spacial score (nSPS) is 19.2. The third-order valence-electron chi connectivity index (χ3n) is 2.40. The largest absolute Gasteiger partial charge is 0.364 e. The van der Waals surface area contributed by atoms with Gasteiger partial charge in [0.2, 0.25) is 0 Å². The lowest BCUT2D eigenvalue weighted by molar-refractivity contribution is -0.0112.